The summed E-state index contributed by atoms with van der Waals surface area (Å²) in [6, 6.07) is 7.70. The lowest BCUT2D eigenvalue weighted by molar-refractivity contribution is -0.137. The molecule has 3 rings (SSSR count). The van der Waals surface area contributed by atoms with Crippen LogP contribution in [-0.2, 0) is 15.8 Å². The number of primary amides is 1. The number of furan rings is 1. The second-order valence-corrected chi connectivity index (χ2v) is 8.26. The molecule has 1 unspecified atom stereocenters. The van der Waals surface area contributed by atoms with Crippen molar-refractivity contribution >= 4 is 40.9 Å². The Labute approximate surface area is 195 Å². The number of anilines is 1. The second-order valence-electron chi connectivity index (χ2n) is 6.87. The number of nitrogens with zero attached hydrogens (tertiary/aromatic N) is 1. The third-order valence-electron chi connectivity index (χ3n) is 4.62. The summed E-state index contributed by atoms with van der Waals surface area (Å²) in [5.74, 6) is -2.23. The first-order valence-corrected chi connectivity index (χ1v) is 10.6. The number of hydrogen-bond acceptors (Lipinski definition) is 6. The van der Waals surface area contributed by atoms with Gasteiger partial charge in [0.15, 0.2) is 0 Å². The number of rotatable bonds is 6. The molecule has 4 N–H and O–H groups in total. The molecule has 12 heteroatoms. The van der Waals surface area contributed by atoms with Gasteiger partial charge in [0.1, 0.15) is 5.76 Å². The lowest BCUT2D eigenvalue weighted by Gasteiger charge is -2.28. The molecule has 2 aromatic rings. The van der Waals surface area contributed by atoms with Gasteiger partial charge in [-0.05, 0) is 37.3 Å². The Hall–Kier alpha value is -3.36. The molecular weight excluding hydrogens is 481 g/mol. The van der Waals surface area contributed by atoms with Crippen molar-refractivity contribution in [3.8, 4) is 6.07 Å². The summed E-state index contributed by atoms with van der Waals surface area (Å²) in [6.45, 7) is 1.55. The minimum absolute atomic E-state index is 0.0402. The highest BCUT2D eigenvalue weighted by atomic mass is 35.5. The topological polar surface area (TPSA) is 121 Å². The summed E-state index contributed by atoms with van der Waals surface area (Å²) in [5, 5.41) is 15.3. The lowest BCUT2D eigenvalue weighted by Crippen LogP contribution is -2.31. The molecule has 2 heterocycles. The van der Waals surface area contributed by atoms with Gasteiger partial charge in [0.2, 0.25) is 5.91 Å². The van der Waals surface area contributed by atoms with Gasteiger partial charge in [-0.1, -0.05) is 23.4 Å². The van der Waals surface area contributed by atoms with E-state index < -0.39 is 29.5 Å². The Morgan fingerprint density at radius 2 is 2.09 bits per heavy atom. The van der Waals surface area contributed by atoms with Gasteiger partial charge in [-0.15, -0.1) is 0 Å². The van der Waals surface area contributed by atoms with E-state index in [9.17, 15) is 28.0 Å². The van der Waals surface area contributed by atoms with Gasteiger partial charge in [0, 0.05) is 5.70 Å². The molecule has 0 fully saturated rings. The number of thioether (sulfide) groups is 1. The summed E-state index contributed by atoms with van der Waals surface area (Å²) < 4.78 is 44.8. The number of carbonyl (C=O) groups is 2. The van der Waals surface area contributed by atoms with Gasteiger partial charge in [-0.3, -0.25) is 9.59 Å². The Morgan fingerprint density at radius 3 is 2.67 bits per heavy atom. The molecule has 33 heavy (non-hydrogen) atoms. The molecule has 7 nitrogen and oxygen atoms in total. The van der Waals surface area contributed by atoms with Crippen LogP contribution in [-0.4, -0.2) is 17.6 Å². The van der Waals surface area contributed by atoms with Crippen LogP contribution in [0.4, 0.5) is 18.9 Å². The van der Waals surface area contributed by atoms with E-state index in [0.29, 0.717) is 10.7 Å². The summed E-state index contributed by atoms with van der Waals surface area (Å²) in [4.78, 5) is 24.4. The van der Waals surface area contributed by atoms with Crippen molar-refractivity contribution < 1.29 is 27.2 Å². The number of nitrogens with one attached hydrogen (secondary N) is 2. The first-order valence-electron chi connectivity index (χ1n) is 9.27. The van der Waals surface area contributed by atoms with Crippen molar-refractivity contribution in [1.29, 1.82) is 5.26 Å². The van der Waals surface area contributed by atoms with Gasteiger partial charge in [-0.2, -0.15) is 18.4 Å². The van der Waals surface area contributed by atoms with E-state index in [-0.39, 0.29) is 33.4 Å². The predicted molar refractivity (Wildman–Crippen MR) is 117 cm³/mol. The van der Waals surface area contributed by atoms with Crippen molar-refractivity contribution in [3.63, 3.8) is 0 Å². The predicted octanol–water partition coefficient (Wildman–Crippen LogP) is 4.50. The average Bonchev–Trinajstić information content (AvgIpc) is 3.26. The van der Waals surface area contributed by atoms with Crippen molar-refractivity contribution in [2.75, 3.05) is 11.1 Å². The number of allylic oxidation sites excluding steroid dienone is 2. The Balaban J connectivity index is 2.03. The molecule has 0 aliphatic carbocycles. The molecule has 0 saturated heterocycles. The maximum absolute atomic E-state index is 13.2. The Morgan fingerprint density at radius 1 is 1.36 bits per heavy atom. The van der Waals surface area contributed by atoms with E-state index in [1.54, 1.807) is 19.1 Å². The van der Waals surface area contributed by atoms with Crippen LogP contribution in [0.1, 0.15) is 24.2 Å². The van der Waals surface area contributed by atoms with E-state index in [2.05, 4.69) is 10.6 Å². The zero-order chi connectivity index (χ0) is 24.3. The van der Waals surface area contributed by atoms with Crippen LogP contribution in [0.5, 0.6) is 0 Å². The van der Waals surface area contributed by atoms with E-state index in [1.807, 2.05) is 6.07 Å². The molecule has 172 valence electrons. The van der Waals surface area contributed by atoms with Crippen LogP contribution >= 0.6 is 23.4 Å². The Kier molecular flexibility index (Phi) is 7.09. The maximum Gasteiger partial charge on any atom is 0.416 e. The zero-order valence-corrected chi connectivity index (χ0v) is 18.5. The molecule has 2 amide bonds. The van der Waals surface area contributed by atoms with Gasteiger partial charge in [0.05, 0.1) is 56.5 Å². The fraction of sp³-hybridized carbons (Fsp3) is 0.190. The molecule has 1 aliphatic heterocycles. The lowest BCUT2D eigenvalue weighted by atomic mass is 9.85. The van der Waals surface area contributed by atoms with E-state index in [1.165, 1.54) is 6.26 Å². The largest absolute Gasteiger partial charge is 0.468 e. The van der Waals surface area contributed by atoms with Crippen molar-refractivity contribution in [2.45, 2.75) is 19.0 Å². The number of carbonyl (C=O) groups excluding carboxylic acids is 2. The first kappa shape index (κ1) is 24.3. The summed E-state index contributed by atoms with van der Waals surface area (Å²) in [7, 11) is 0. The number of amides is 2. The number of halogens is 4. The van der Waals surface area contributed by atoms with Crippen LogP contribution in [0.3, 0.4) is 0 Å². The van der Waals surface area contributed by atoms with Crippen molar-refractivity contribution in [1.82, 2.24) is 5.32 Å². The fourth-order valence-corrected chi connectivity index (χ4v) is 4.19. The number of nitrogens with two attached hydrogens (primary N) is 1. The molecular formula is C21H16ClF3N4O3S. The van der Waals surface area contributed by atoms with E-state index >= 15 is 0 Å². The highest BCUT2D eigenvalue weighted by molar-refractivity contribution is 8.03. The average molecular weight is 497 g/mol. The minimum Gasteiger partial charge on any atom is -0.468 e. The number of nitriles is 1. The van der Waals surface area contributed by atoms with Crippen LogP contribution in [0.2, 0.25) is 5.02 Å². The summed E-state index contributed by atoms with van der Waals surface area (Å²) >= 11 is 7.00. The van der Waals surface area contributed by atoms with Gasteiger partial charge in [-0.25, -0.2) is 0 Å². The molecule has 1 aromatic heterocycles. The Bertz CT molecular complexity index is 1200. The molecule has 1 aromatic carbocycles. The van der Waals surface area contributed by atoms with Gasteiger partial charge in [0.25, 0.3) is 5.91 Å². The van der Waals surface area contributed by atoms with Crippen molar-refractivity contribution in [2.24, 2.45) is 5.73 Å². The number of dihydropyridines is 1. The molecule has 1 aliphatic rings. The third kappa shape index (κ3) is 5.35. The van der Waals surface area contributed by atoms with Crippen LogP contribution in [0, 0.1) is 11.3 Å². The fourth-order valence-electron chi connectivity index (χ4n) is 3.20. The third-order valence-corrected chi connectivity index (χ3v) is 5.99. The molecule has 0 spiro atoms. The van der Waals surface area contributed by atoms with Crippen LogP contribution in [0.25, 0.3) is 0 Å². The molecule has 0 bridgehead atoms. The highest BCUT2D eigenvalue weighted by Gasteiger charge is 2.37. The smallest absolute Gasteiger partial charge is 0.416 e. The number of benzene rings is 1. The number of alkyl halides is 3. The SMILES string of the molecule is CC1=C(C(=O)Nc2cc(C(F)(F)F)ccc2Cl)C(c2ccco2)C(C#N)=C(SCC(N)=O)N1. The van der Waals surface area contributed by atoms with E-state index in [0.717, 1.165) is 30.0 Å². The van der Waals surface area contributed by atoms with Crippen molar-refractivity contribution in [3.05, 3.63) is 74.8 Å². The minimum atomic E-state index is -4.63. The van der Waals surface area contributed by atoms with Crippen LogP contribution in [0.15, 0.2) is 62.9 Å². The van der Waals surface area contributed by atoms with Gasteiger partial charge >= 0.3 is 6.18 Å². The molecule has 0 saturated carbocycles. The normalized spacial score (nSPS) is 16.3. The highest BCUT2D eigenvalue weighted by Crippen LogP contribution is 2.41. The quantitative estimate of drug-likeness (QED) is 0.541. The van der Waals surface area contributed by atoms with E-state index in [4.69, 9.17) is 21.8 Å². The standard InChI is InChI=1S/C21H16ClF3N4O3S/c1-10-17(19(31)29-14-7-11(21(23,24)25)4-5-13(14)22)18(15-3-2-6-32-15)12(8-26)20(28-10)33-9-16(27)30/h2-7,18,28H,9H2,1H3,(H2,27,30)(H,29,31). The summed E-state index contributed by atoms with van der Waals surface area (Å²) in [5.41, 5.74) is 4.40. The summed E-state index contributed by atoms with van der Waals surface area (Å²) in [6.07, 6.45) is -3.28. The maximum atomic E-state index is 13.2. The molecule has 0 radical (unpaired) electrons. The number of hydrogen-bond donors (Lipinski definition) is 3. The first-order chi connectivity index (χ1) is 15.5. The molecule has 1 atom stereocenters. The second kappa shape index (κ2) is 9.64. The zero-order valence-electron chi connectivity index (χ0n) is 16.9. The van der Waals surface area contributed by atoms with Crippen LogP contribution < -0.4 is 16.4 Å². The van der Waals surface area contributed by atoms with Gasteiger partial charge < -0.3 is 20.8 Å². The monoisotopic (exact) mass is 496 g/mol.